The maximum Gasteiger partial charge on any atom is 0.250 e. The first kappa shape index (κ1) is 19.6. The molecule has 0 aliphatic carbocycles. The number of sulfonamides is 1. The lowest BCUT2D eigenvalue weighted by Crippen LogP contribution is -2.47. The van der Waals surface area contributed by atoms with Gasteiger partial charge in [-0.1, -0.05) is 50.9 Å². The number of rotatable bonds is 9. The van der Waals surface area contributed by atoms with Gasteiger partial charge < -0.3 is 5.11 Å². The Hall–Kier alpha value is -0.400. The van der Waals surface area contributed by atoms with Crippen LogP contribution in [0, 0.1) is 5.92 Å². The highest BCUT2D eigenvalue weighted by Crippen LogP contribution is 2.26. The van der Waals surface area contributed by atoms with Gasteiger partial charge in [0.05, 0.1) is 16.5 Å². The number of halogens is 1. The monoisotopic (exact) mass is 365 g/mol. The van der Waals surface area contributed by atoms with Crippen LogP contribution in [0.3, 0.4) is 0 Å². The van der Waals surface area contributed by atoms with Gasteiger partial charge >= 0.3 is 0 Å². The van der Waals surface area contributed by atoms with Crippen molar-refractivity contribution in [2.24, 2.45) is 5.92 Å². The lowest BCUT2D eigenvalue weighted by atomic mass is 9.93. The standard InChI is InChI=1S/C15H24ClNO3S2/c1-4-6-7-8-12(18)15(11(3)5-2)17-22(19,20)14-10-9-13(16)21-14/h6-7,9-12,15,17-18H,4-5,8H2,1-3H3/b7-6+/t11-,12+,15-/m0/s1. The van der Waals surface area contributed by atoms with Crippen LogP contribution in [0.4, 0.5) is 0 Å². The second-order valence-electron chi connectivity index (χ2n) is 5.27. The van der Waals surface area contributed by atoms with E-state index in [1.165, 1.54) is 6.07 Å². The average Bonchev–Trinajstić information content (AvgIpc) is 2.91. The molecule has 0 unspecified atom stereocenters. The maximum atomic E-state index is 12.4. The van der Waals surface area contributed by atoms with Crippen molar-refractivity contribution in [3.05, 3.63) is 28.6 Å². The van der Waals surface area contributed by atoms with Crippen molar-refractivity contribution in [1.29, 1.82) is 0 Å². The summed E-state index contributed by atoms with van der Waals surface area (Å²) in [4.78, 5) is 0. The smallest absolute Gasteiger partial charge is 0.250 e. The summed E-state index contributed by atoms with van der Waals surface area (Å²) >= 11 is 6.82. The molecule has 1 aromatic heterocycles. The van der Waals surface area contributed by atoms with Gasteiger partial charge in [-0.05, 0) is 30.9 Å². The Kier molecular flexibility index (Phi) is 8.07. The predicted molar refractivity (Wildman–Crippen MR) is 92.9 cm³/mol. The summed E-state index contributed by atoms with van der Waals surface area (Å²) in [5.41, 5.74) is 0. The Balaban J connectivity index is 2.91. The van der Waals surface area contributed by atoms with Gasteiger partial charge in [0, 0.05) is 0 Å². The van der Waals surface area contributed by atoms with Gasteiger partial charge in [-0.2, -0.15) is 0 Å². The predicted octanol–water partition coefficient (Wildman–Crippen LogP) is 3.81. The van der Waals surface area contributed by atoms with Crippen LogP contribution in [-0.2, 0) is 10.0 Å². The van der Waals surface area contributed by atoms with Crippen molar-refractivity contribution in [2.45, 2.75) is 56.4 Å². The highest BCUT2D eigenvalue weighted by atomic mass is 35.5. The Morgan fingerprint density at radius 2 is 2.05 bits per heavy atom. The second-order valence-corrected chi connectivity index (χ2v) is 8.93. The van der Waals surface area contributed by atoms with Crippen LogP contribution in [-0.4, -0.2) is 25.7 Å². The molecule has 1 rings (SSSR count). The summed E-state index contributed by atoms with van der Waals surface area (Å²) in [6.45, 7) is 5.92. The maximum absolute atomic E-state index is 12.4. The van der Waals surface area contributed by atoms with Crippen molar-refractivity contribution in [3.8, 4) is 0 Å². The van der Waals surface area contributed by atoms with Gasteiger partial charge in [0.1, 0.15) is 4.21 Å². The van der Waals surface area contributed by atoms with Crippen molar-refractivity contribution in [1.82, 2.24) is 4.72 Å². The highest BCUT2D eigenvalue weighted by Gasteiger charge is 2.29. The van der Waals surface area contributed by atoms with E-state index < -0.39 is 22.2 Å². The molecule has 2 N–H and O–H groups in total. The number of nitrogens with one attached hydrogen (secondary N) is 1. The minimum absolute atomic E-state index is 0.0234. The first-order valence-electron chi connectivity index (χ1n) is 7.42. The van der Waals surface area contributed by atoms with E-state index in [2.05, 4.69) is 4.72 Å². The molecule has 1 aromatic rings. The summed E-state index contributed by atoms with van der Waals surface area (Å²) in [5, 5.41) is 10.4. The Labute approximate surface area is 142 Å². The fourth-order valence-corrected chi connectivity index (χ4v) is 4.93. The quantitative estimate of drug-likeness (QED) is 0.654. The topological polar surface area (TPSA) is 66.4 Å². The summed E-state index contributed by atoms with van der Waals surface area (Å²) in [5.74, 6) is 0.0234. The van der Waals surface area contributed by atoms with Crippen molar-refractivity contribution in [2.75, 3.05) is 0 Å². The summed E-state index contributed by atoms with van der Waals surface area (Å²) in [6, 6.07) is 2.50. The van der Waals surface area contributed by atoms with Crippen molar-refractivity contribution >= 4 is 33.0 Å². The lowest BCUT2D eigenvalue weighted by Gasteiger charge is -2.28. The zero-order valence-electron chi connectivity index (χ0n) is 13.1. The molecule has 0 saturated carbocycles. The molecule has 0 amide bonds. The number of aliphatic hydroxyl groups excluding tert-OH is 1. The van der Waals surface area contributed by atoms with E-state index in [4.69, 9.17) is 11.6 Å². The Bertz CT molecular complexity index is 583. The number of allylic oxidation sites excluding steroid dienone is 1. The second kappa shape index (κ2) is 9.03. The first-order chi connectivity index (χ1) is 10.3. The highest BCUT2D eigenvalue weighted by molar-refractivity contribution is 7.91. The van der Waals surface area contributed by atoms with E-state index in [0.29, 0.717) is 10.8 Å². The third-order valence-corrected chi connectivity index (χ3v) is 6.74. The van der Waals surface area contributed by atoms with Crippen LogP contribution in [0.15, 0.2) is 28.5 Å². The fourth-order valence-electron chi connectivity index (χ4n) is 2.06. The number of hydrogen-bond donors (Lipinski definition) is 2. The van der Waals surface area contributed by atoms with Crippen molar-refractivity contribution in [3.63, 3.8) is 0 Å². The van der Waals surface area contributed by atoms with Crippen LogP contribution in [0.25, 0.3) is 0 Å². The first-order valence-corrected chi connectivity index (χ1v) is 10.1. The van der Waals surface area contributed by atoms with E-state index in [1.54, 1.807) is 6.07 Å². The van der Waals surface area contributed by atoms with Crippen LogP contribution in [0.2, 0.25) is 4.34 Å². The van der Waals surface area contributed by atoms with Crippen LogP contribution in [0.5, 0.6) is 0 Å². The number of thiophene rings is 1. The Morgan fingerprint density at radius 3 is 2.55 bits per heavy atom. The van der Waals surface area contributed by atoms with Gasteiger partial charge in [0.25, 0.3) is 0 Å². The molecule has 0 fully saturated rings. The van der Waals surface area contributed by atoms with E-state index in [9.17, 15) is 13.5 Å². The molecule has 126 valence electrons. The molecule has 0 bridgehead atoms. The molecule has 3 atom stereocenters. The lowest BCUT2D eigenvalue weighted by molar-refractivity contribution is 0.114. The molecule has 0 aliphatic rings. The minimum atomic E-state index is -3.67. The van der Waals surface area contributed by atoms with Crippen molar-refractivity contribution < 1.29 is 13.5 Å². The SMILES string of the molecule is CC/C=C/C[C@@H](O)[C@@H](NS(=O)(=O)c1ccc(Cl)s1)[C@@H](C)CC. The normalized spacial score (nSPS) is 16.8. The minimum Gasteiger partial charge on any atom is -0.391 e. The largest absolute Gasteiger partial charge is 0.391 e. The fraction of sp³-hybridized carbons (Fsp3) is 0.600. The van der Waals surface area contributed by atoms with Gasteiger partial charge in [-0.3, -0.25) is 0 Å². The number of hydrogen-bond acceptors (Lipinski definition) is 4. The van der Waals surface area contributed by atoms with Crippen LogP contribution in [0.1, 0.15) is 40.0 Å². The summed E-state index contributed by atoms with van der Waals surface area (Å²) in [6.07, 6.45) is 5.17. The molecule has 0 aromatic carbocycles. The van der Waals surface area contributed by atoms with Gasteiger partial charge in [-0.25, -0.2) is 13.1 Å². The molecule has 0 spiro atoms. The Morgan fingerprint density at radius 1 is 1.36 bits per heavy atom. The zero-order chi connectivity index (χ0) is 16.8. The van der Waals surface area contributed by atoms with Crippen LogP contribution >= 0.6 is 22.9 Å². The molecule has 0 aliphatic heterocycles. The van der Waals surface area contributed by atoms with E-state index in [-0.39, 0.29) is 10.1 Å². The zero-order valence-corrected chi connectivity index (χ0v) is 15.5. The summed E-state index contributed by atoms with van der Waals surface area (Å²) in [7, 11) is -3.67. The molecule has 0 saturated heterocycles. The van der Waals surface area contributed by atoms with E-state index in [1.807, 2.05) is 32.9 Å². The molecule has 0 radical (unpaired) electrons. The van der Waals surface area contributed by atoms with Gasteiger partial charge in [0.15, 0.2) is 0 Å². The van der Waals surface area contributed by atoms with Gasteiger partial charge in [-0.15, -0.1) is 11.3 Å². The molecule has 4 nitrogen and oxygen atoms in total. The van der Waals surface area contributed by atoms with Gasteiger partial charge in [0.2, 0.25) is 10.0 Å². The third kappa shape index (κ3) is 5.66. The molecule has 1 heterocycles. The summed E-state index contributed by atoms with van der Waals surface area (Å²) < 4.78 is 28.1. The van der Waals surface area contributed by atoms with E-state index >= 15 is 0 Å². The molecular weight excluding hydrogens is 342 g/mol. The third-order valence-electron chi connectivity index (χ3n) is 3.56. The van der Waals surface area contributed by atoms with Crippen LogP contribution < -0.4 is 4.72 Å². The van der Waals surface area contributed by atoms with E-state index in [0.717, 1.165) is 24.2 Å². The molecular formula is C15H24ClNO3S2. The average molecular weight is 366 g/mol. The molecule has 22 heavy (non-hydrogen) atoms. The number of aliphatic hydroxyl groups is 1. The molecule has 7 heteroatoms.